The Bertz CT molecular complexity index is 237. The topological polar surface area (TPSA) is 40.2 Å². The number of rotatable bonds is 12. The number of nitrogens with zero attached hydrogens (tertiary/aromatic N) is 1. The molecular weight excluding hydrogens is 290 g/mol. The monoisotopic (exact) mass is 323 g/mol. The molecule has 0 spiro atoms. The van der Waals surface area contributed by atoms with Gasteiger partial charge in [-0.1, -0.05) is 19.6 Å². The fourth-order valence-electron chi connectivity index (χ4n) is 2.22. The molecule has 0 saturated carbocycles. The predicted octanol–water partition coefficient (Wildman–Crippen LogP) is 2.43. The summed E-state index contributed by atoms with van der Waals surface area (Å²) in [6.07, 6.45) is 2.13. The lowest BCUT2D eigenvalue weighted by Crippen LogP contribution is -2.48. The SMILES string of the molecule is COCCCN(CCC[Si](OC)(OC)OC)[Si](C)(C)C. The van der Waals surface area contributed by atoms with Gasteiger partial charge in [-0.3, -0.25) is 0 Å². The molecule has 20 heavy (non-hydrogen) atoms. The fourth-order valence-corrected chi connectivity index (χ4v) is 5.59. The molecule has 7 heteroatoms. The van der Waals surface area contributed by atoms with Crippen LogP contribution in [0.15, 0.2) is 0 Å². The van der Waals surface area contributed by atoms with Crippen molar-refractivity contribution in [3.8, 4) is 0 Å². The highest BCUT2D eigenvalue weighted by molar-refractivity contribution is 6.73. The van der Waals surface area contributed by atoms with Gasteiger partial charge < -0.3 is 22.6 Å². The van der Waals surface area contributed by atoms with E-state index in [9.17, 15) is 0 Å². The van der Waals surface area contributed by atoms with Gasteiger partial charge in [0.2, 0.25) is 0 Å². The summed E-state index contributed by atoms with van der Waals surface area (Å²) >= 11 is 0. The highest BCUT2D eigenvalue weighted by Crippen LogP contribution is 2.18. The van der Waals surface area contributed by atoms with Crippen LogP contribution in [-0.2, 0) is 18.0 Å². The standard InChI is InChI=1S/C13H33NO4Si2/c1-15-12-8-10-14(19(5,6)7)11-9-13-20(16-2,17-3)18-4/h8-13H2,1-7H3. The third-order valence-corrected chi connectivity index (χ3v) is 8.75. The number of ether oxygens (including phenoxy) is 1. The highest BCUT2D eigenvalue weighted by Gasteiger charge is 2.37. The van der Waals surface area contributed by atoms with Crippen LogP contribution in [0.1, 0.15) is 12.8 Å². The van der Waals surface area contributed by atoms with Gasteiger partial charge in [0, 0.05) is 41.1 Å². The van der Waals surface area contributed by atoms with E-state index in [-0.39, 0.29) is 0 Å². The molecule has 0 amide bonds. The minimum absolute atomic E-state index is 0.827. The van der Waals surface area contributed by atoms with Crippen molar-refractivity contribution in [2.24, 2.45) is 0 Å². The molecule has 0 atom stereocenters. The van der Waals surface area contributed by atoms with Crippen molar-refractivity contribution in [3.63, 3.8) is 0 Å². The van der Waals surface area contributed by atoms with Crippen molar-refractivity contribution in [2.75, 3.05) is 48.1 Å². The number of methoxy groups -OCH3 is 1. The van der Waals surface area contributed by atoms with Crippen molar-refractivity contribution < 1.29 is 18.0 Å². The smallest absolute Gasteiger partial charge is 0.385 e. The van der Waals surface area contributed by atoms with E-state index in [0.29, 0.717) is 0 Å². The summed E-state index contributed by atoms with van der Waals surface area (Å²) in [6, 6.07) is 0.863. The third-order valence-electron chi connectivity index (χ3n) is 3.57. The van der Waals surface area contributed by atoms with E-state index < -0.39 is 17.0 Å². The molecule has 122 valence electrons. The van der Waals surface area contributed by atoms with Gasteiger partial charge in [-0.15, -0.1) is 0 Å². The molecule has 0 aromatic heterocycles. The maximum Gasteiger partial charge on any atom is 0.500 e. The van der Waals surface area contributed by atoms with Crippen LogP contribution in [0.2, 0.25) is 25.7 Å². The highest BCUT2D eigenvalue weighted by atomic mass is 28.4. The molecule has 0 aromatic carbocycles. The van der Waals surface area contributed by atoms with Gasteiger partial charge in [-0.05, 0) is 25.9 Å². The van der Waals surface area contributed by atoms with E-state index in [2.05, 4.69) is 24.2 Å². The molecule has 0 saturated heterocycles. The van der Waals surface area contributed by atoms with Gasteiger partial charge in [0.1, 0.15) is 8.24 Å². The van der Waals surface area contributed by atoms with Crippen molar-refractivity contribution in [3.05, 3.63) is 0 Å². The molecule has 0 fully saturated rings. The lowest BCUT2D eigenvalue weighted by Gasteiger charge is -2.35. The van der Waals surface area contributed by atoms with E-state index in [1.54, 1.807) is 28.4 Å². The van der Waals surface area contributed by atoms with Crippen molar-refractivity contribution in [1.29, 1.82) is 0 Å². The van der Waals surface area contributed by atoms with E-state index >= 15 is 0 Å². The lowest BCUT2D eigenvalue weighted by molar-refractivity contribution is 0.122. The zero-order chi connectivity index (χ0) is 15.6. The van der Waals surface area contributed by atoms with Crippen LogP contribution in [0.5, 0.6) is 0 Å². The molecule has 0 bridgehead atoms. The van der Waals surface area contributed by atoms with E-state index in [0.717, 1.165) is 38.6 Å². The molecule has 0 aliphatic rings. The zero-order valence-electron chi connectivity index (χ0n) is 14.3. The Morgan fingerprint density at radius 1 is 0.800 bits per heavy atom. The van der Waals surface area contributed by atoms with Crippen LogP contribution < -0.4 is 0 Å². The Morgan fingerprint density at radius 3 is 1.70 bits per heavy atom. The van der Waals surface area contributed by atoms with E-state index in [4.69, 9.17) is 18.0 Å². The van der Waals surface area contributed by atoms with Crippen LogP contribution in [-0.4, -0.2) is 69.7 Å². The van der Waals surface area contributed by atoms with Crippen LogP contribution >= 0.6 is 0 Å². The average molecular weight is 324 g/mol. The van der Waals surface area contributed by atoms with Crippen LogP contribution in [0, 0.1) is 0 Å². The lowest BCUT2D eigenvalue weighted by atomic mass is 10.4. The first-order valence-electron chi connectivity index (χ1n) is 7.24. The van der Waals surface area contributed by atoms with Gasteiger partial charge in [-0.25, -0.2) is 0 Å². The zero-order valence-corrected chi connectivity index (χ0v) is 16.3. The second kappa shape index (κ2) is 10.0. The van der Waals surface area contributed by atoms with Gasteiger partial charge in [0.05, 0.1) is 0 Å². The molecule has 0 N–H and O–H groups in total. The molecule has 0 aliphatic carbocycles. The Kier molecular flexibility index (Phi) is 10.2. The Balaban J connectivity index is 4.32. The van der Waals surface area contributed by atoms with Gasteiger partial charge >= 0.3 is 8.80 Å². The molecule has 0 radical (unpaired) electrons. The number of hydrogen-bond acceptors (Lipinski definition) is 5. The Hall–Kier alpha value is 0.234. The summed E-state index contributed by atoms with van der Waals surface area (Å²) in [5.74, 6) is 0. The van der Waals surface area contributed by atoms with Crippen LogP contribution in [0.4, 0.5) is 0 Å². The summed E-state index contributed by atoms with van der Waals surface area (Å²) in [7, 11) is 3.07. The van der Waals surface area contributed by atoms with Crippen molar-refractivity contribution in [2.45, 2.75) is 38.5 Å². The van der Waals surface area contributed by atoms with Crippen LogP contribution in [0.25, 0.3) is 0 Å². The van der Waals surface area contributed by atoms with E-state index in [1.807, 2.05) is 0 Å². The number of hydrogen-bond donors (Lipinski definition) is 0. The first-order valence-corrected chi connectivity index (χ1v) is 12.6. The molecule has 5 nitrogen and oxygen atoms in total. The Morgan fingerprint density at radius 2 is 1.30 bits per heavy atom. The maximum atomic E-state index is 5.47. The summed E-state index contributed by atoms with van der Waals surface area (Å²) in [5.41, 5.74) is 0. The van der Waals surface area contributed by atoms with Gasteiger partial charge in [0.15, 0.2) is 0 Å². The molecule has 0 unspecified atom stereocenters. The fraction of sp³-hybridized carbons (Fsp3) is 1.00. The Labute approximate surface area is 127 Å². The maximum absolute atomic E-state index is 5.47. The molecule has 0 aromatic rings. The second-order valence-electron chi connectivity index (χ2n) is 5.90. The average Bonchev–Trinajstić information content (AvgIpc) is 2.41. The predicted molar refractivity (Wildman–Crippen MR) is 87.6 cm³/mol. The first-order chi connectivity index (χ1) is 9.35. The minimum Gasteiger partial charge on any atom is -0.385 e. The largest absolute Gasteiger partial charge is 0.500 e. The summed E-state index contributed by atoms with van der Waals surface area (Å²) < 4.78 is 24.2. The normalized spacial score (nSPS) is 13.2. The molecular formula is C13H33NO4Si2. The first kappa shape index (κ1) is 20.2. The summed E-state index contributed by atoms with van der Waals surface area (Å²) in [4.78, 5) is 0. The second-order valence-corrected chi connectivity index (χ2v) is 14.0. The van der Waals surface area contributed by atoms with Crippen molar-refractivity contribution >= 4 is 17.0 Å². The van der Waals surface area contributed by atoms with Gasteiger partial charge in [0.25, 0.3) is 0 Å². The summed E-state index contributed by atoms with van der Waals surface area (Å²) in [6.45, 7) is 10.2. The van der Waals surface area contributed by atoms with E-state index in [1.165, 1.54) is 0 Å². The van der Waals surface area contributed by atoms with Crippen LogP contribution in [0.3, 0.4) is 0 Å². The van der Waals surface area contributed by atoms with Crippen molar-refractivity contribution in [1.82, 2.24) is 4.57 Å². The minimum atomic E-state index is -2.42. The molecule has 0 rings (SSSR count). The molecule has 0 heterocycles. The third kappa shape index (κ3) is 7.30. The quantitative estimate of drug-likeness (QED) is 0.407. The summed E-state index contributed by atoms with van der Waals surface area (Å²) in [5, 5.41) is 0. The molecule has 0 aliphatic heterocycles. The van der Waals surface area contributed by atoms with Gasteiger partial charge in [-0.2, -0.15) is 0 Å².